The maximum absolute atomic E-state index is 12.6. The Kier molecular flexibility index (Phi) is 11.5. The van der Waals surface area contributed by atoms with Crippen molar-refractivity contribution < 1.29 is 19.1 Å². The molecule has 4 heteroatoms. The van der Waals surface area contributed by atoms with Crippen LogP contribution in [-0.2, 0) is 31.9 Å². The summed E-state index contributed by atoms with van der Waals surface area (Å²) in [4.78, 5) is 24.9. The van der Waals surface area contributed by atoms with Gasteiger partial charge in [0, 0.05) is 17.6 Å². The first-order valence-electron chi connectivity index (χ1n) is 9.22. The number of ketones is 2. The predicted octanol–water partition coefficient (Wildman–Crippen LogP) is 4.98. The molecular formula is C23H32O4. The molecule has 0 heterocycles. The van der Waals surface area contributed by atoms with E-state index in [0.29, 0.717) is 17.6 Å². The predicted molar refractivity (Wildman–Crippen MR) is 111 cm³/mol. The van der Waals surface area contributed by atoms with Gasteiger partial charge in [-0.3, -0.25) is 9.59 Å². The van der Waals surface area contributed by atoms with E-state index in [0.717, 1.165) is 18.4 Å². The van der Waals surface area contributed by atoms with E-state index in [-0.39, 0.29) is 23.1 Å². The van der Waals surface area contributed by atoms with Crippen LogP contribution in [0.5, 0.6) is 0 Å². The van der Waals surface area contributed by atoms with Crippen LogP contribution in [0.15, 0.2) is 60.1 Å². The SMILES string of the molecule is C=C.CC.CCCc1ccc(CC2=C(C)C(=O)C(OC)=C(OC)C2=O)cc1. The lowest BCUT2D eigenvalue weighted by Crippen LogP contribution is -2.26. The van der Waals surface area contributed by atoms with Gasteiger partial charge in [-0.1, -0.05) is 51.5 Å². The zero-order valence-electron chi connectivity index (χ0n) is 17.5. The topological polar surface area (TPSA) is 52.6 Å². The highest BCUT2D eigenvalue weighted by Crippen LogP contribution is 2.28. The first-order valence-corrected chi connectivity index (χ1v) is 9.22. The number of ether oxygens (including phenoxy) is 2. The average Bonchev–Trinajstić information content (AvgIpc) is 2.72. The number of hydrogen-bond acceptors (Lipinski definition) is 4. The van der Waals surface area contributed by atoms with E-state index < -0.39 is 0 Å². The molecule has 0 saturated heterocycles. The third-order valence-electron chi connectivity index (χ3n) is 4.04. The van der Waals surface area contributed by atoms with Crippen LogP contribution >= 0.6 is 0 Å². The molecule has 0 atom stereocenters. The fraction of sp³-hybridized carbons (Fsp3) is 0.391. The molecule has 27 heavy (non-hydrogen) atoms. The summed E-state index contributed by atoms with van der Waals surface area (Å²) in [5.74, 6) is -0.599. The maximum Gasteiger partial charge on any atom is 0.228 e. The van der Waals surface area contributed by atoms with Gasteiger partial charge < -0.3 is 9.47 Å². The lowest BCUT2D eigenvalue weighted by Gasteiger charge is -2.20. The summed E-state index contributed by atoms with van der Waals surface area (Å²) in [7, 11) is 2.74. The number of carbonyl (C=O) groups is 2. The summed E-state index contributed by atoms with van der Waals surface area (Å²) in [6.07, 6.45) is 2.54. The summed E-state index contributed by atoms with van der Waals surface area (Å²) in [6, 6.07) is 8.14. The highest BCUT2D eigenvalue weighted by molar-refractivity contribution is 6.23. The van der Waals surface area contributed by atoms with Gasteiger partial charge in [0.05, 0.1) is 14.2 Å². The molecule has 0 fully saturated rings. The van der Waals surface area contributed by atoms with E-state index >= 15 is 0 Å². The number of rotatable bonds is 6. The normalized spacial score (nSPS) is 13.4. The van der Waals surface area contributed by atoms with Gasteiger partial charge in [0.2, 0.25) is 23.1 Å². The molecule has 4 nitrogen and oxygen atoms in total. The fourth-order valence-electron chi connectivity index (χ4n) is 2.72. The van der Waals surface area contributed by atoms with Crippen LogP contribution in [0.25, 0.3) is 0 Å². The van der Waals surface area contributed by atoms with Crippen molar-refractivity contribution in [2.24, 2.45) is 0 Å². The monoisotopic (exact) mass is 372 g/mol. The smallest absolute Gasteiger partial charge is 0.228 e. The Morgan fingerprint density at radius 2 is 1.30 bits per heavy atom. The number of Topliss-reactive ketones (excluding diaryl/α,β-unsaturated/α-hetero) is 2. The minimum absolute atomic E-state index is 0.0132. The molecule has 0 N–H and O–H groups in total. The molecule has 1 aliphatic rings. The summed E-state index contributed by atoms with van der Waals surface area (Å²) in [6.45, 7) is 13.8. The van der Waals surface area contributed by atoms with Crippen LogP contribution in [0.1, 0.15) is 45.2 Å². The number of benzene rings is 1. The molecule has 0 spiro atoms. The lowest BCUT2D eigenvalue weighted by molar-refractivity contribution is -0.121. The Balaban J connectivity index is 0.00000158. The number of methoxy groups -OCH3 is 2. The van der Waals surface area contributed by atoms with Gasteiger partial charge in [-0.05, 0) is 24.5 Å². The third kappa shape index (κ3) is 5.95. The van der Waals surface area contributed by atoms with Gasteiger partial charge in [0.25, 0.3) is 0 Å². The molecule has 0 bridgehead atoms. The van der Waals surface area contributed by atoms with Gasteiger partial charge in [0.15, 0.2) is 0 Å². The van der Waals surface area contributed by atoms with Crippen molar-refractivity contribution in [2.45, 2.75) is 47.0 Å². The first kappa shape index (κ1) is 24.4. The summed E-state index contributed by atoms with van der Waals surface area (Å²) >= 11 is 0. The van der Waals surface area contributed by atoms with Crippen molar-refractivity contribution in [3.63, 3.8) is 0 Å². The zero-order chi connectivity index (χ0) is 21.0. The zero-order valence-corrected chi connectivity index (χ0v) is 17.5. The Morgan fingerprint density at radius 3 is 1.74 bits per heavy atom. The van der Waals surface area contributed by atoms with Crippen molar-refractivity contribution in [3.05, 3.63) is 71.2 Å². The quantitative estimate of drug-likeness (QED) is 0.522. The number of aryl methyl sites for hydroxylation is 1. The second-order valence-electron chi connectivity index (χ2n) is 5.57. The second kappa shape index (κ2) is 12.7. The van der Waals surface area contributed by atoms with E-state index in [9.17, 15) is 9.59 Å². The highest BCUT2D eigenvalue weighted by atomic mass is 16.5. The highest BCUT2D eigenvalue weighted by Gasteiger charge is 2.34. The molecule has 1 aromatic rings. The van der Waals surface area contributed by atoms with Crippen molar-refractivity contribution in [1.82, 2.24) is 0 Å². The van der Waals surface area contributed by atoms with Crippen molar-refractivity contribution >= 4 is 11.6 Å². The standard InChI is InChI=1S/C19H22O4.C2H6.C2H4/c1-5-6-13-7-9-14(10-8-13)11-15-12(2)16(20)18(22-3)19(23-4)17(15)21;2*1-2/h7-10H,5-6,11H2,1-4H3;1-2H3;1-2H2. The Hall–Kier alpha value is -2.62. The fourth-order valence-corrected chi connectivity index (χ4v) is 2.72. The van der Waals surface area contributed by atoms with Crippen LogP contribution in [0.3, 0.4) is 0 Å². The van der Waals surface area contributed by atoms with Crippen LogP contribution < -0.4 is 0 Å². The minimum Gasteiger partial charge on any atom is -0.489 e. The Bertz CT molecular complexity index is 694. The van der Waals surface area contributed by atoms with Crippen LogP contribution in [0, 0.1) is 0 Å². The van der Waals surface area contributed by atoms with Crippen molar-refractivity contribution in [2.75, 3.05) is 14.2 Å². The summed E-state index contributed by atoms with van der Waals surface area (Å²) in [5, 5.41) is 0. The third-order valence-corrected chi connectivity index (χ3v) is 4.04. The van der Waals surface area contributed by atoms with Gasteiger partial charge in [-0.15, -0.1) is 13.2 Å². The van der Waals surface area contributed by atoms with Crippen LogP contribution in [0.4, 0.5) is 0 Å². The molecule has 0 aliphatic heterocycles. The molecule has 0 aromatic heterocycles. The largest absolute Gasteiger partial charge is 0.489 e. The van der Waals surface area contributed by atoms with E-state index in [4.69, 9.17) is 9.47 Å². The van der Waals surface area contributed by atoms with E-state index in [2.05, 4.69) is 32.2 Å². The Labute approximate surface area is 163 Å². The Morgan fingerprint density at radius 1 is 0.852 bits per heavy atom. The molecule has 148 valence electrons. The molecule has 2 rings (SSSR count). The average molecular weight is 373 g/mol. The van der Waals surface area contributed by atoms with E-state index in [1.165, 1.54) is 19.8 Å². The lowest BCUT2D eigenvalue weighted by atomic mass is 9.88. The minimum atomic E-state index is -0.290. The van der Waals surface area contributed by atoms with Crippen LogP contribution in [-0.4, -0.2) is 25.8 Å². The first-order chi connectivity index (χ1) is 13.0. The van der Waals surface area contributed by atoms with Crippen LogP contribution in [0.2, 0.25) is 0 Å². The van der Waals surface area contributed by atoms with E-state index in [1.807, 2.05) is 26.0 Å². The molecule has 1 aliphatic carbocycles. The summed E-state index contributed by atoms with van der Waals surface area (Å²) < 4.78 is 10.1. The molecule has 0 saturated carbocycles. The van der Waals surface area contributed by atoms with Gasteiger partial charge in [0.1, 0.15) is 0 Å². The number of hydrogen-bond donors (Lipinski definition) is 0. The maximum atomic E-state index is 12.6. The molecule has 0 amide bonds. The van der Waals surface area contributed by atoms with Gasteiger partial charge >= 0.3 is 0 Å². The number of carbonyl (C=O) groups excluding carboxylic acids is 2. The number of allylic oxidation sites excluding steroid dienone is 2. The second-order valence-corrected chi connectivity index (χ2v) is 5.57. The summed E-state index contributed by atoms with van der Waals surface area (Å²) in [5.41, 5.74) is 3.16. The molecule has 0 radical (unpaired) electrons. The molecular weight excluding hydrogens is 340 g/mol. The van der Waals surface area contributed by atoms with Gasteiger partial charge in [-0.2, -0.15) is 0 Å². The van der Waals surface area contributed by atoms with Gasteiger partial charge in [-0.25, -0.2) is 0 Å². The molecule has 1 aromatic carbocycles. The van der Waals surface area contributed by atoms with Crippen molar-refractivity contribution in [3.8, 4) is 0 Å². The van der Waals surface area contributed by atoms with E-state index in [1.54, 1.807) is 6.92 Å². The molecule has 0 unspecified atom stereocenters. The van der Waals surface area contributed by atoms with Crippen molar-refractivity contribution in [1.29, 1.82) is 0 Å².